The van der Waals surface area contributed by atoms with Crippen LogP contribution in [0.5, 0.6) is 5.75 Å². The number of nitrogens with zero attached hydrogens (tertiary/aromatic N) is 1. The van der Waals surface area contributed by atoms with Gasteiger partial charge in [-0.15, -0.1) is 0 Å². The number of Topliss-reactive ketones (excluding diaryl/α,β-unsaturated/α-hetero) is 1. The van der Waals surface area contributed by atoms with E-state index in [1.807, 2.05) is 4.90 Å². The SMILES string of the molecule is Cc1cc(F)c(F)c(OCC(=O)[C@H](CC(=O)O)NC(=O)C2CCN(C(=O)C34CC5CC(CC(C5)C3)C4)CC2)c1F. The Hall–Kier alpha value is -3.11. The average Bonchev–Trinajstić information content (AvgIpc) is 2.90. The summed E-state index contributed by atoms with van der Waals surface area (Å²) < 4.78 is 46.8. The van der Waals surface area contributed by atoms with E-state index in [1.54, 1.807) is 0 Å². The lowest BCUT2D eigenvalue weighted by Gasteiger charge is -2.57. The largest absolute Gasteiger partial charge is 0.481 e. The van der Waals surface area contributed by atoms with E-state index >= 15 is 0 Å². The summed E-state index contributed by atoms with van der Waals surface area (Å²) in [5.74, 6) is -6.44. The van der Waals surface area contributed by atoms with Gasteiger partial charge in [-0.25, -0.2) is 8.78 Å². The van der Waals surface area contributed by atoms with Crippen molar-refractivity contribution >= 4 is 23.6 Å². The van der Waals surface area contributed by atoms with Gasteiger partial charge in [0.15, 0.2) is 23.2 Å². The first kappa shape index (κ1) is 28.4. The van der Waals surface area contributed by atoms with E-state index in [9.17, 15) is 37.5 Å². The van der Waals surface area contributed by atoms with Crippen molar-refractivity contribution in [3.05, 3.63) is 29.1 Å². The molecule has 1 heterocycles. The monoisotopic (exact) mass is 564 g/mol. The van der Waals surface area contributed by atoms with Gasteiger partial charge < -0.3 is 20.1 Å². The Morgan fingerprint density at radius 1 is 1.02 bits per heavy atom. The summed E-state index contributed by atoms with van der Waals surface area (Å²) in [6, 6.07) is -0.855. The van der Waals surface area contributed by atoms with Gasteiger partial charge in [-0.3, -0.25) is 19.2 Å². The number of nitrogens with one attached hydrogen (secondary N) is 1. The molecule has 1 saturated heterocycles. The summed E-state index contributed by atoms with van der Waals surface area (Å²) >= 11 is 0. The highest BCUT2D eigenvalue weighted by atomic mass is 19.2. The summed E-state index contributed by atoms with van der Waals surface area (Å²) in [5, 5.41) is 11.7. The Morgan fingerprint density at radius 2 is 1.60 bits per heavy atom. The van der Waals surface area contributed by atoms with Crippen LogP contribution < -0.4 is 10.1 Å². The maximum absolute atomic E-state index is 14.2. The maximum Gasteiger partial charge on any atom is 0.305 e. The van der Waals surface area contributed by atoms with Crippen LogP contribution in [0.2, 0.25) is 0 Å². The van der Waals surface area contributed by atoms with Crippen LogP contribution in [-0.2, 0) is 19.2 Å². The third-order valence-electron chi connectivity index (χ3n) is 9.39. The number of carboxylic acid groups (broad SMARTS) is 1. The summed E-state index contributed by atoms with van der Waals surface area (Å²) in [4.78, 5) is 52.6. The molecular weight excluding hydrogens is 529 g/mol. The van der Waals surface area contributed by atoms with Crippen LogP contribution in [-0.4, -0.2) is 59.3 Å². The molecule has 1 aromatic rings. The van der Waals surface area contributed by atoms with Crippen LogP contribution in [0, 0.1) is 53.5 Å². The fraction of sp³-hybridized carbons (Fsp3) is 0.655. The zero-order chi connectivity index (χ0) is 28.8. The minimum absolute atomic E-state index is 0.202. The third kappa shape index (κ3) is 5.56. The number of carbonyl (C=O) groups excluding carboxylic acids is 3. The van der Waals surface area contributed by atoms with Gasteiger partial charge in [0, 0.05) is 19.0 Å². The average molecular weight is 565 g/mol. The highest BCUT2D eigenvalue weighted by molar-refractivity contribution is 5.93. The van der Waals surface area contributed by atoms with Crippen molar-refractivity contribution in [1.82, 2.24) is 10.2 Å². The highest BCUT2D eigenvalue weighted by Gasteiger charge is 2.55. The van der Waals surface area contributed by atoms with Gasteiger partial charge in [0.25, 0.3) is 0 Å². The van der Waals surface area contributed by atoms with E-state index in [-0.39, 0.29) is 16.9 Å². The number of amides is 2. The minimum atomic E-state index is -1.61. The molecule has 4 aliphatic carbocycles. The number of rotatable bonds is 9. The number of piperidine rings is 1. The fourth-order valence-corrected chi connectivity index (χ4v) is 7.83. The molecule has 0 aromatic heterocycles. The molecule has 0 spiro atoms. The molecule has 40 heavy (non-hydrogen) atoms. The van der Waals surface area contributed by atoms with E-state index in [1.165, 1.54) is 26.2 Å². The molecule has 2 amide bonds. The van der Waals surface area contributed by atoms with E-state index in [0.29, 0.717) is 49.8 Å². The zero-order valence-corrected chi connectivity index (χ0v) is 22.5. The van der Waals surface area contributed by atoms with Crippen molar-refractivity contribution in [2.24, 2.45) is 29.1 Å². The van der Waals surface area contributed by atoms with Crippen molar-refractivity contribution in [2.45, 2.75) is 70.8 Å². The van der Waals surface area contributed by atoms with Crippen LogP contribution in [0.3, 0.4) is 0 Å². The Morgan fingerprint density at radius 3 is 2.15 bits per heavy atom. The number of carbonyl (C=O) groups is 4. The number of benzene rings is 1. The summed E-state index contributed by atoms with van der Waals surface area (Å²) in [7, 11) is 0. The minimum Gasteiger partial charge on any atom is -0.481 e. The van der Waals surface area contributed by atoms with Gasteiger partial charge in [-0.05, 0) is 87.7 Å². The molecule has 8 nitrogen and oxygen atoms in total. The maximum atomic E-state index is 14.2. The van der Waals surface area contributed by atoms with Gasteiger partial charge in [-0.1, -0.05) is 0 Å². The summed E-state index contributed by atoms with van der Waals surface area (Å²) in [6.07, 6.45) is 6.60. The van der Waals surface area contributed by atoms with Crippen LogP contribution in [0.4, 0.5) is 13.2 Å². The van der Waals surface area contributed by atoms with Crippen molar-refractivity contribution in [3.63, 3.8) is 0 Å². The molecule has 1 atom stereocenters. The van der Waals surface area contributed by atoms with Crippen LogP contribution in [0.1, 0.15) is 63.4 Å². The Labute approximate surface area is 230 Å². The smallest absolute Gasteiger partial charge is 0.305 e. The van der Waals surface area contributed by atoms with Crippen LogP contribution >= 0.6 is 0 Å². The number of hydrogen-bond donors (Lipinski definition) is 2. The van der Waals surface area contributed by atoms with E-state index in [0.717, 1.165) is 19.3 Å². The lowest BCUT2D eigenvalue weighted by Crippen LogP contribution is -2.56. The van der Waals surface area contributed by atoms with Crippen molar-refractivity contribution in [2.75, 3.05) is 19.7 Å². The molecule has 218 valence electrons. The number of ketones is 1. The van der Waals surface area contributed by atoms with Crippen molar-refractivity contribution < 1.29 is 42.2 Å². The molecule has 0 unspecified atom stereocenters. The first-order chi connectivity index (χ1) is 19.0. The number of aryl methyl sites for hydroxylation is 1. The normalized spacial score (nSPS) is 28.3. The molecular formula is C29H35F3N2O6. The second-order valence-electron chi connectivity index (χ2n) is 12.3. The Kier molecular flexibility index (Phi) is 7.85. The van der Waals surface area contributed by atoms with E-state index in [2.05, 4.69) is 5.32 Å². The highest BCUT2D eigenvalue weighted by Crippen LogP contribution is 2.60. The molecule has 2 N–H and O–H groups in total. The number of aliphatic carboxylic acids is 1. The predicted molar refractivity (Wildman–Crippen MR) is 136 cm³/mol. The number of likely N-dealkylation sites (tertiary alicyclic amines) is 1. The predicted octanol–water partition coefficient (Wildman–Crippen LogP) is 3.77. The first-order valence-corrected chi connectivity index (χ1v) is 14.1. The molecule has 4 saturated carbocycles. The topological polar surface area (TPSA) is 113 Å². The Bertz CT molecular complexity index is 1150. The lowest BCUT2D eigenvalue weighted by molar-refractivity contribution is -0.159. The molecule has 5 fully saturated rings. The molecule has 6 rings (SSSR count). The quantitative estimate of drug-likeness (QED) is 0.442. The molecule has 0 radical (unpaired) electrons. The number of carboxylic acids is 1. The lowest BCUT2D eigenvalue weighted by atomic mass is 9.49. The molecule has 11 heteroatoms. The summed E-state index contributed by atoms with van der Waals surface area (Å²) in [6.45, 7) is 1.06. The van der Waals surface area contributed by atoms with Gasteiger partial charge in [-0.2, -0.15) is 4.39 Å². The van der Waals surface area contributed by atoms with Gasteiger partial charge in [0.2, 0.25) is 17.6 Å². The van der Waals surface area contributed by atoms with Gasteiger partial charge in [0.05, 0.1) is 11.8 Å². The number of hydrogen-bond acceptors (Lipinski definition) is 5. The van der Waals surface area contributed by atoms with E-state index < -0.39 is 65.8 Å². The number of ether oxygens (including phenoxy) is 1. The fourth-order valence-electron chi connectivity index (χ4n) is 7.83. The van der Waals surface area contributed by atoms with Crippen LogP contribution in [0.25, 0.3) is 0 Å². The first-order valence-electron chi connectivity index (χ1n) is 14.1. The molecule has 1 aromatic carbocycles. The molecule has 4 bridgehead atoms. The Balaban J connectivity index is 1.16. The zero-order valence-electron chi connectivity index (χ0n) is 22.5. The van der Waals surface area contributed by atoms with Gasteiger partial charge in [0.1, 0.15) is 12.6 Å². The van der Waals surface area contributed by atoms with Crippen LogP contribution in [0.15, 0.2) is 6.07 Å². The number of halogens is 3. The molecule has 1 aliphatic heterocycles. The van der Waals surface area contributed by atoms with Crippen molar-refractivity contribution in [1.29, 1.82) is 0 Å². The van der Waals surface area contributed by atoms with Crippen molar-refractivity contribution in [3.8, 4) is 5.75 Å². The standard InChI is InChI=1S/C29H35F3N2O6/c1-15-6-20(30)25(32)26(24(15)31)40-14-22(35)21(10-23(36)37)33-27(38)19-2-4-34(5-3-19)28(39)29-11-16-7-17(12-29)9-18(8-16)13-29/h6,16-19,21H,2-5,7-14H2,1H3,(H,33,38)(H,36,37)/t16?,17?,18?,21-,29?/m0/s1. The van der Waals surface area contributed by atoms with Gasteiger partial charge >= 0.3 is 5.97 Å². The second kappa shape index (κ2) is 11.0. The summed E-state index contributed by atoms with van der Waals surface area (Å²) in [5.41, 5.74) is -0.494. The van der Waals surface area contributed by atoms with E-state index in [4.69, 9.17) is 4.74 Å². The molecule has 5 aliphatic rings. The third-order valence-corrected chi connectivity index (χ3v) is 9.39. The second-order valence-corrected chi connectivity index (χ2v) is 12.3.